The van der Waals surface area contributed by atoms with Gasteiger partial charge in [0.05, 0.1) is 5.69 Å². The zero-order valence-electron chi connectivity index (χ0n) is 6.10. The Morgan fingerprint density at radius 2 is 2.27 bits per heavy atom. The quantitative estimate of drug-likeness (QED) is 0.406. The molecule has 0 radical (unpaired) electrons. The van der Waals surface area contributed by atoms with E-state index in [1.54, 1.807) is 6.07 Å². The molecule has 4 heteroatoms. The third kappa shape index (κ3) is 1.85. The highest BCUT2D eigenvalue weighted by Crippen LogP contribution is 2.24. The van der Waals surface area contributed by atoms with Crippen molar-refractivity contribution < 1.29 is 4.39 Å². The van der Waals surface area contributed by atoms with E-state index in [2.05, 4.69) is 5.43 Å². The van der Waals surface area contributed by atoms with Crippen LogP contribution < -0.4 is 11.3 Å². The van der Waals surface area contributed by atoms with Gasteiger partial charge in [-0.2, -0.15) is 0 Å². The summed E-state index contributed by atoms with van der Waals surface area (Å²) in [5, 5.41) is 0. The zero-order valence-corrected chi connectivity index (χ0v) is 6.91. The van der Waals surface area contributed by atoms with E-state index in [0.717, 1.165) is 4.90 Å². The number of hydrogen-bond acceptors (Lipinski definition) is 3. The molecule has 1 aromatic rings. The first-order chi connectivity index (χ1) is 5.27. The predicted molar refractivity (Wildman–Crippen MR) is 46.0 cm³/mol. The van der Waals surface area contributed by atoms with Crippen molar-refractivity contribution in [3.8, 4) is 0 Å². The van der Waals surface area contributed by atoms with Crippen LogP contribution >= 0.6 is 11.8 Å². The van der Waals surface area contributed by atoms with Crippen LogP contribution in [0.4, 0.5) is 10.1 Å². The average molecular weight is 172 g/mol. The first-order valence-electron chi connectivity index (χ1n) is 3.08. The third-order valence-corrected chi connectivity index (χ3v) is 2.11. The lowest BCUT2D eigenvalue weighted by atomic mass is 10.3. The summed E-state index contributed by atoms with van der Waals surface area (Å²) in [6.45, 7) is 0. The molecule has 0 heterocycles. The highest BCUT2D eigenvalue weighted by molar-refractivity contribution is 7.98. The highest BCUT2D eigenvalue weighted by Gasteiger charge is 1.99. The number of halogens is 1. The van der Waals surface area contributed by atoms with E-state index in [1.165, 1.54) is 23.9 Å². The standard InChI is InChI=1S/C7H9FN2S/c1-11-7-3-2-5(8)4-6(7)10-9/h2-4,10H,9H2,1H3. The second-order valence-corrected chi connectivity index (χ2v) is 2.84. The van der Waals surface area contributed by atoms with Crippen LogP contribution in [0.15, 0.2) is 23.1 Å². The maximum Gasteiger partial charge on any atom is 0.125 e. The van der Waals surface area contributed by atoms with Crippen molar-refractivity contribution in [3.05, 3.63) is 24.0 Å². The number of rotatable bonds is 2. The Bertz CT molecular complexity index is 252. The topological polar surface area (TPSA) is 38.0 Å². The van der Waals surface area contributed by atoms with Gasteiger partial charge in [0.25, 0.3) is 0 Å². The molecule has 0 saturated carbocycles. The molecular formula is C7H9FN2S. The van der Waals surface area contributed by atoms with E-state index in [4.69, 9.17) is 5.84 Å². The third-order valence-electron chi connectivity index (χ3n) is 1.32. The maximum atomic E-state index is 12.6. The molecule has 0 aliphatic heterocycles. The molecule has 60 valence electrons. The second kappa shape index (κ2) is 3.59. The maximum absolute atomic E-state index is 12.6. The van der Waals surface area contributed by atoms with E-state index >= 15 is 0 Å². The molecular weight excluding hydrogens is 163 g/mol. The number of nitrogen functional groups attached to an aromatic ring is 1. The number of nitrogens with two attached hydrogens (primary N) is 1. The molecule has 0 unspecified atom stereocenters. The van der Waals surface area contributed by atoms with Gasteiger partial charge in [0, 0.05) is 4.90 Å². The molecule has 0 fully saturated rings. The first kappa shape index (κ1) is 8.36. The lowest BCUT2D eigenvalue weighted by molar-refractivity contribution is 0.627. The summed E-state index contributed by atoms with van der Waals surface area (Å²) in [4.78, 5) is 0.939. The van der Waals surface area contributed by atoms with E-state index in [0.29, 0.717) is 5.69 Å². The largest absolute Gasteiger partial charge is 0.323 e. The number of nitrogens with one attached hydrogen (secondary N) is 1. The summed E-state index contributed by atoms with van der Waals surface area (Å²) in [5.74, 6) is 4.88. The Morgan fingerprint density at radius 1 is 1.55 bits per heavy atom. The van der Waals surface area contributed by atoms with Gasteiger partial charge in [-0.1, -0.05) is 0 Å². The summed E-state index contributed by atoms with van der Waals surface area (Å²) < 4.78 is 12.6. The Hall–Kier alpha value is -0.740. The van der Waals surface area contributed by atoms with Gasteiger partial charge in [-0.05, 0) is 24.5 Å². The van der Waals surface area contributed by atoms with Crippen molar-refractivity contribution in [2.75, 3.05) is 11.7 Å². The van der Waals surface area contributed by atoms with Gasteiger partial charge in [-0.3, -0.25) is 5.84 Å². The predicted octanol–water partition coefficient (Wildman–Crippen LogP) is 1.83. The van der Waals surface area contributed by atoms with Crippen LogP contribution in [0, 0.1) is 5.82 Å². The van der Waals surface area contributed by atoms with Crippen molar-refractivity contribution in [1.29, 1.82) is 0 Å². The molecule has 1 rings (SSSR count). The number of anilines is 1. The minimum atomic E-state index is -0.282. The van der Waals surface area contributed by atoms with Crippen molar-refractivity contribution in [3.63, 3.8) is 0 Å². The molecule has 2 nitrogen and oxygen atoms in total. The van der Waals surface area contributed by atoms with Gasteiger partial charge in [-0.15, -0.1) is 11.8 Å². The Balaban J connectivity index is 3.06. The lowest BCUT2D eigenvalue weighted by Crippen LogP contribution is -2.07. The Labute approximate surface area is 68.9 Å². The van der Waals surface area contributed by atoms with Crippen LogP contribution in [-0.4, -0.2) is 6.26 Å². The summed E-state index contributed by atoms with van der Waals surface area (Å²) in [6.07, 6.45) is 1.91. The van der Waals surface area contributed by atoms with E-state index < -0.39 is 0 Å². The first-order valence-corrected chi connectivity index (χ1v) is 4.30. The molecule has 0 aliphatic rings. The minimum absolute atomic E-state index is 0.282. The minimum Gasteiger partial charge on any atom is -0.323 e. The highest BCUT2D eigenvalue weighted by atomic mass is 32.2. The molecule has 11 heavy (non-hydrogen) atoms. The summed E-state index contributed by atoms with van der Waals surface area (Å²) in [5.41, 5.74) is 3.05. The van der Waals surface area contributed by atoms with Gasteiger partial charge in [0.15, 0.2) is 0 Å². The molecule has 0 amide bonds. The molecule has 0 atom stereocenters. The van der Waals surface area contributed by atoms with E-state index in [1.807, 2.05) is 6.26 Å². The fraction of sp³-hybridized carbons (Fsp3) is 0.143. The Morgan fingerprint density at radius 3 is 2.82 bits per heavy atom. The van der Waals surface area contributed by atoms with Crippen LogP contribution in [-0.2, 0) is 0 Å². The molecule has 0 aromatic heterocycles. The van der Waals surface area contributed by atoms with Gasteiger partial charge >= 0.3 is 0 Å². The van der Waals surface area contributed by atoms with E-state index in [9.17, 15) is 4.39 Å². The average Bonchev–Trinajstić information content (AvgIpc) is 2.04. The monoisotopic (exact) mass is 172 g/mol. The SMILES string of the molecule is CSc1ccc(F)cc1NN. The van der Waals surface area contributed by atoms with Crippen LogP contribution in [0.5, 0.6) is 0 Å². The smallest absolute Gasteiger partial charge is 0.125 e. The van der Waals surface area contributed by atoms with Crippen molar-refractivity contribution in [1.82, 2.24) is 0 Å². The fourth-order valence-electron chi connectivity index (χ4n) is 0.793. The van der Waals surface area contributed by atoms with Gasteiger partial charge < -0.3 is 5.43 Å². The van der Waals surface area contributed by atoms with Gasteiger partial charge in [0.1, 0.15) is 5.82 Å². The zero-order chi connectivity index (χ0) is 8.27. The summed E-state index contributed by atoms with van der Waals surface area (Å²) in [6, 6.07) is 4.47. The summed E-state index contributed by atoms with van der Waals surface area (Å²) in [7, 11) is 0. The van der Waals surface area contributed by atoms with Crippen molar-refractivity contribution >= 4 is 17.4 Å². The number of hydrazine groups is 1. The lowest BCUT2D eigenvalue weighted by Gasteiger charge is -2.04. The summed E-state index contributed by atoms with van der Waals surface area (Å²) >= 11 is 1.52. The van der Waals surface area contributed by atoms with Crippen molar-refractivity contribution in [2.45, 2.75) is 4.90 Å². The normalized spacial score (nSPS) is 9.73. The molecule has 0 bridgehead atoms. The number of hydrogen-bond donors (Lipinski definition) is 2. The molecule has 0 spiro atoms. The molecule has 0 aliphatic carbocycles. The van der Waals surface area contributed by atoms with Crippen LogP contribution in [0.25, 0.3) is 0 Å². The molecule has 1 aromatic carbocycles. The Kier molecular flexibility index (Phi) is 2.73. The number of benzene rings is 1. The fourth-order valence-corrected chi connectivity index (χ4v) is 1.33. The van der Waals surface area contributed by atoms with Gasteiger partial charge in [-0.25, -0.2) is 4.39 Å². The molecule has 3 N–H and O–H groups in total. The van der Waals surface area contributed by atoms with Crippen LogP contribution in [0.3, 0.4) is 0 Å². The second-order valence-electron chi connectivity index (χ2n) is 1.99. The van der Waals surface area contributed by atoms with Crippen molar-refractivity contribution in [2.24, 2.45) is 5.84 Å². The van der Waals surface area contributed by atoms with Crippen LogP contribution in [0.1, 0.15) is 0 Å². The van der Waals surface area contributed by atoms with Crippen LogP contribution in [0.2, 0.25) is 0 Å². The number of thioether (sulfide) groups is 1. The molecule has 0 saturated heterocycles. The van der Waals surface area contributed by atoms with E-state index in [-0.39, 0.29) is 5.82 Å². The van der Waals surface area contributed by atoms with Gasteiger partial charge in [0.2, 0.25) is 0 Å².